The van der Waals surface area contributed by atoms with Crippen molar-refractivity contribution in [3.05, 3.63) is 60.8 Å². The van der Waals surface area contributed by atoms with Crippen LogP contribution < -0.4 is 0 Å². The standard InChI is InChI=1S/C54H95O11P/c1-4-7-10-13-16-19-21-23-24-25-26-28-30-33-36-39-42-45-54(58)65-51(47-61-52(56)43-40-37-34-31-18-15-12-9-6-3)49-63-66(59,60)62-48-50(46-55)64-53(57)44-41-38-35-32-29-27-22-20-17-14-11-8-5-2/h7,10,16,19-20,22-24,26,28,50-51,55H,4-6,8-9,11-15,17-18,21,25,27,29-49H2,1-3H3,(H,59,60)/b10-7-,19-16-,22-20-,24-23-,28-26-. The minimum atomic E-state index is -4.75. The molecule has 11 nitrogen and oxygen atoms in total. The lowest BCUT2D eigenvalue weighted by Gasteiger charge is -2.21. The van der Waals surface area contributed by atoms with Crippen molar-refractivity contribution >= 4 is 25.7 Å². The van der Waals surface area contributed by atoms with E-state index in [0.717, 1.165) is 109 Å². The van der Waals surface area contributed by atoms with Gasteiger partial charge in [0.2, 0.25) is 0 Å². The number of phosphoric ester groups is 1. The van der Waals surface area contributed by atoms with Crippen LogP contribution in [0.4, 0.5) is 0 Å². The first-order chi connectivity index (χ1) is 32.2. The van der Waals surface area contributed by atoms with Crippen molar-refractivity contribution in [3.8, 4) is 0 Å². The first-order valence-corrected chi connectivity index (χ1v) is 27.7. The van der Waals surface area contributed by atoms with Crippen molar-refractivity contribution in [2.24, 2.45) is 0 Å². The molecule has 66 heavy (non-hydrogen) atoms. The SMILES string of the molecule is CC/C=C\C/C=C\C/C=C\C/C=C\CCCCCCC(=O)OC(COC(=O)CCCCCCCCCCC)COP(=O)(O)OCC(CO)OC(=O)CCCCCCC/C=C\CCCCCC. The third-order valence-corrected chi connectivity index (χ3v) is 11.9. The highest BCUT2D eigenvalue weighted by molar-refractivity contribution is 7.47. The highest BCUT2D eigenvalue weighted by Gasteiger charge is 2.28. The Morgan fingerprint density at radius 3 is 1.24 bits per heavy atom. The number of unbranched alkanes of at least 4 members (excludes halogenated alkanes) is 21. The number of carbonyl (C=O) groups is 3. The summed E-state index contributed by atoms with van der Waals surface area (Å²) in [6, 6.07) is 0. The number of ether oxygens (including phenoxy) is 3. The third-order valence-electron chi connectivity index (χ3n) is 10.9. The molecule has 0 fully saturated rings. The normalized spacial score (nSPS) is 14.0. The Hall–Kier alpha value is -2.82. The van der Waals surface area contributed by atoms with Gasteiger partial charge in [0.1, 0.15) is 12.7 Å². The van der Waals surface area contributed by atoms with E-state index in [9.17, 15) is 28.9 Å². The first-order valence-electron chi connectivity index (χ1n) is 26.2. The molecular formula is C54H95O11P. The molecule has 2 N–H and O–H groups in total. The van der Waals surface area contributed by atoms with Gasteiger partial charge in [-0.2, -0.15) is 0 Å². The molecule has 0 spiro atoms. The fourth-order valence-corrected chi connectivity index (χ4v) is 7.71. The zero-order valence-electron chi connectivity index (χ0n) is 41.9. The highest BCUT2D eigenvalue weighted by Crippen LogP contribution is 2.43. The molecule has 0 heterocycles. The van der Waals surface area contributed by atoms with Gasteiger partial charge in [0.05, 0.1) is 19.8 Å². The zero-order chi connectivity index (χ0) is 48.4. The van der Waals surface area contributed by atoms with Gasteiger partial charge in [-0.05, 0) is 83.5 Å². The molecule has 382 valence electrons. The number of carbonyl (C=O) groups excluding carboxylic acids is 3. The summed E-state index contributed by atoms with van der Waals surface area (Å²) in [5.74, 6) is -1.50. The van der Waals surface area contributed by atoms with Gasteiger partial charge in [-0.3, -0.25) is 23.4 Å². The largest absolute Gasteiger partial charge is 0.472 e. The Kier molecular flexibility index (Phi) is 46.6. The van der Waals surface area contributed by atoms with Crippen LogP contribution in [0.15, 0.2) is 60.8 Å². The summed E-state index contributed by atoms with van der Waals surface area (Å²) in [5, 5.41) is 9.77. The minimum Gasteiger partial charge on any atom is -0.462 e. The second-order valence-corrected chi connectivity index (χ2v) is 18.8. The van der Waals surface area contributed by atoms with Crippen LogP contribution in [0, 0.1) is 0 Å². The molecule has 0 aromatic carbocycles. The Morgan fingerprint density at radius 2 is 0.788 bits per heavy atom. The van der Waals surface area contributed by atoms with Crippen molar-refractivity contribution in [1.29, 1.82) is 0 Å². The Morgan fingerprint density at radius 1 is 0.439 bits per heavy atom. The summed E-state index contributed by atoms with van der Waals surface area (Å²) in [6.45, 7) is 4.44. The summed E-state index contributed by atoms with van der Waals surface area (Å²) >= 11 is 0. The highest BCUT2D eigenvalue weighted by atomic mass is 31.2. The molecule has 0 aliphatic rings. The van der Waals surface area contributed by atoms with E-state index in [-0.39, 0.29) is 25.9 Å². The predicted molar refractivity (Wildman–Crippen MR) is 270 cm³/mol. The maximum atomic E-state index is 12.8. The van der Waals surface area contributed by atoms with E-state index in [2.05, 4.69) is 81.5 Å². The Labute approximate surface area is 402 Å². The number of hydrogen-bond acceptors (Lipinski definition) is 10. The number of hydrogen-bond donors (Lipinski definition) is 2. The van der Waals surface area contributed by atoms with Crippen molar-refractivity contribution in [2.75, 3.05) is 26.4 Å². The molecule has 0 amide bonds. The summed E-state index contributed by atoms with van der Waals surface area (Å²) in [6.07, 6.45) is 50.5. The van der Waals surface area contributed by atoms with Crippen LogP contribution in [0.2, 0.25) is 0 Å². The summed E-state index contributed by atoms with van der Waals surface area (Å²) < 4.78 is 39.3. The molecular weight excluding hydrogens is 856 g/mol. The first kappa shape index (κ1) is 63.2. The smallest absolute Gasteiger partial charge is 0.462 e. The second kappa shape index (κ2) is 48.6. The number of allylic oxidation sites excluding steroid dienone is 10. The van der Waals surface area contributed by atoms with E-state index in [1.54, 1.807) is 0 Å². The lowest BCUT2D eigenvalue weighted by molar-refractivity contribution is -0.161. The Balaban J connectivity index is 4.74. The molecule has 0 radical (unpaired) electrons. The van der Waals surface area contributed by atoms with Gasteiger partial charge in [0, 0.05) is 19.3 Å². The molecule has 12 heteroatoms. The quantitative estimate of drug-likeness (QED) is 0.0197. The van der Waals surface area contributed by atoms with Gasteiger partial charge >= 0.3 is 25.7 Å². The molecule has 0 aromatic heterocycles. The van der Waals surface area contributed by atoms with Gasteiger partial charge in [0.15, 0.2) is 6.10 Å². The summed E-state index contributed by atoms with van der Waals surface area (Å²) in [5.41, 5.74) is 0. The van der Waals surface area contributed by atoms with E-state index in [0.29, 0.717) is 19.3 Å². The maximum Gasteiger partial charge on any atom is 0.472 e. The van der Waals surface area contributed by atoms with Gasteiger partial charge in [0.25, 0.3) is 0 Å². The minimum absolute atomic E-state index is 0.139. The molecule has 3 atom stereocenters. The molecule has 0 aliphatic carbocycles. The van der Waals surface area contributed by atoms with Crippen LogP contribution in [0.25, 0.3) is 0 Å². The average molecular weight is 951 g/mol. The molecule has 0 aliphatic heterocycles. The lowest BCUT2D eigenvalue weighted by atomic mass is 10.1. The van der Waals surface area contributed by atoms with Crippen LogP contribution in [0.1, 0.15) is 226 Å². The molecule has 0 rings (SSSR count). The maximum absolute atomic E-state index is 12.8. The van der Waals surface area contributed by atoms with Crippen LogP contribution in [-0.4, -0.2) is 66.5 Å². The lowest BCUT2D eigenvalue weighted by Crippen LogP contribution is -2.30. The number of rotatable bonds is 48. The van der Waals surface area contributed by atoms with Crippen LogP contribution in [0.5, 0.6) is 0 Å². The molecule has 0 saturated heterocycles. The number of aliphatic hydroxyl groups excluding tert-OH is 1. The number of aliphatic hydroxyl groups is 1. The predicted octanol–water partition coefficient (Wildman–Crippen LogP) is 14.8. The molecule has 0 saturated carbocycles. The third kappa shape index (κ3) is 46.3. The van der Waals surface area contributed by atoms with Crippen LogP contribution in [-0.2, 0) is 42.2 Å². The van der Waals surface area contributed by atoms with Crippen molar-refractivity contribution in [2.45, 2.75) is 238 Å². The van der Waals surface area contributed by atoms with Crippen LogP contribution >= 0.6 is 7.82 Å². The topological polar surface area (TPSA) is 155 Å². The molecule has 0 aromatic rings. The number of esters is 3. The van der Waals surface area contributed by atoms with Gasteiger partial charge in [-0.25, -0.2) is 4.57 Å². The Bertz CT molecular complexity index is 1340. The molecule has 3 unspecified atom stereocenters. The molecule has 0 bridgehead atoms. The zero-order valence-corrected chi connectivity index (χ0v) is 42.8. The fourth-order valence-electron chi connectivity index (χ4n) is 6.93. The fraction of sp³-hybridized carbons (Fsp3) is 0.759. The van der Waals surface area contributed by atoms with E-state index >= 15 is 0 Å². The number of phosphoric acid groups is 1. The van der Waals surface area contributed by atoms with Gasteiger partial charge in [-0.1, -0.05) is 184 Å². The van der Waals surface area contributed by atoms with Gasteiger partial charge < -0.3 is 24.2 Å². The van der Waals surface area contributed by atoms with Gasteiger partial charge in [-0.15, -0.1) is 0 Å². The average Bonchev–Trinajstić information content (AvgIpc) is 3.30. The summed E-state index contributed by atoms with van der Waals surface area (Å²) in [7, 11) is -4.75. The second-order valence-electron chi connectivity index (χ2n) is 17.3. The summed E-state index contributed by atoms with van der Waals surface area (Å²) in [4.78, 5) is 48.2. The van der Waals surface area contributed by atoms with E-state index in [1.165, 1.54) is 57.8 Å². The van der Waals surface area contributed by atoms with Crippen molar-refractivity contribution in [1.82, 2.24) is 0 Å². The van der Waals surface area contributed by atoms with Crippen molar-refractivity contribution in [3.63, 3.8) is 0 Å². The monoisotopic (exact) mass is 951 g/mol. The van der Waals surface area contributed by atoms with E-state index < -0.39 is 57.8 Å². The van der Waals surface area contributed by atoms with Crippen molar-refractivity contribution < 1.29 is 52.2 Å². The van der Waals surface area contributed by atoms with E-state index in [4.69, 9.17) is 23.3 Å². The van der Waals surface area contributed by atoms with E-state index in [1.807, 2.05) is 0 Å². The van der Waals surface area contributed by atoms with Crippen LogP contribution in [0.3, 0.4) is 0 Å².